The summed E-state index contributed by atoms with van der Waals surface area (Å²) in [5, 5.41) is 9.72. The molecule has 1 atom stereocenters. The number of carbonyl (C=O) groups is 1. The van der Waals surface area contributed by atoms with Crippen LogP contribution < -0.4 is 0 Å². The number of hydrogen-bond donors (Lipinski definition) is 1. The maximum absolute atomic E-state index is 10.6. The molecule has 2 heteroatoms. The second-order valence-corrected chi connectivity index (χ2v) is 4.15. The van der Waals surface area contributed by atoms with E-state index < -0.39 is 6.10 Å². The molecule has 2 nitrogen and oxygen atoms in total. The van der Waals surface area contributed by atoms with Gasteiger partial charge >= 0.3 is 0 Å². The Balaban J connectivity index is 4.23. The molecule has 76 valence electrons. The molecule has 0 aliphatic carbocycles. The van der Waals surface area contributed by atoms with Crippen LogP contribution >= 0.6 is 0 Å². The summed E-state index contributed by atoms with van der Waals surface area (Å²) < 4.78 is 0. The Morgan fingerprint density at radius 1 is 1.54 bits per heavy atom. The van der Waals surface area contributed by atoms with Crippen molar-refractivity contribution < 1.29 is 9.90 Å². The standard InChI is InChI=1S/C11H20O2/c1-5-8-11(3,4)10(13)7-6-9(2)12/h6-7,10,13H,5,8H2,1-4H3. The molecular weight excluding hydrogens is 164 g/mol. The molecule has 0 heterocycles. The highest BCUT2D eigenvalue weighted by Gasteiger charge is 2.24. The van der Waals surface area contributed by atoms with E-state index in [1.165, 1.54) is 13.0 Å². The number of aliphatic hydroxyl groups is 1. The lowest BCUT2D eigenvalue weighted by Crippen LogP contribution is -2.27. The van der Waals surface area contributed by atoms with Gasteiger partial charge in [-0.2, -0.15) is 0 Å². The third-order valence-corrected chi connectivity index (χ3v) is 2.21. The molecule has 0 saturated heterocycles. The molecule has 0 spiro atoms. The summed E-state index contributed by atoms with van der Waals surface area (Å²) in [6.07, 6.45) is 4.48. The van der Waals surface area contributed by atoms with Crippen LogP contribution in [0.1, 0.15) is 40.5 Å². The van der Waals surface area contributed by atoms with Crippen molar-refractivity contribution in [2.45, 2.75) is 46.6 Å². The van der Waals surface area contributed by atoms with Crippen LogP contribution in [0.15, 0.2) is 12.2 Å². The van der Waals surface area contributed by atoms with Crippen LogP contribution in [0.2, 0.25) is 0 Å². The van der Waals surface area contributed by atoms with Crippen molar-refractivity contribution in [1.29, 1.82) is 0 Å². The molecule has 1 unspecified atom stereocenters. The zero-order valence-corrected chi connectivity index (χ0v) is 9.00. The monoisotopic (exact) mass is 184 g/mol. The first-order chi connectivity index (χ1) is 5.90. The molecule has 1 N–H and O–H groups in total. The number of aliphatic hydroxyl groups excluding tert-OH is 1. The molecular formula is C11H20O2. The first kappa shape index (κ1) is 12.4. The minimum atomic E-state index is -0.531. The van der Waals surface area contributed by atoms with E-state index in [0.29, 0.717) is 0 Å². The molecule has 0 amide bonds. The first-order valence-corrected chi connectivity index (χ1v) is 4.77. The van der Waals surface area contributed by atoms with E-state index >= 15 is 0 Å². The smallest absolute Gasteiger partial charge is 0.152 e. The lowest BCUT2D eigenvalue weighted by Gasteiger charge is -2.27. The molecule has 0 aliphatic heterocycles. The topological polar surface area (TPSA) is 37.3 Å². The van der Waals surface area contributed by atoms with Crippen LogP contribution in [-0.2, 0) is 4.79 Å². The fourth-order valence-electron chi connectivity index (χ4n) is 1.28. The predicted molar refractivity (Wildman–Crippen MR) is 54.5 cm³/mol. The second kappa shape index (κ2) is 5.18. The molecule has 0 aliphatic rings. The minimum absolute atomic E-state index is 0.0219. The van der Waals surface area contributed by atoms with E-state index in [2.05, 4.69) is 6.92 Å². The number of carbonyl (C=O) groups excluding carboxylic acids is 1. The summed E-state index contributed by atoms with van der Waals surface area (Å²) in [7, 11) is 0. The van der Waals surface area contributed by atoms with Gasteiger partial charge in [0, 0.05) is 0 Å². The van der Waals surface area contributed by atoms with Crippen molar-refractivity contribution in [3.05, 3.63) is 12.2 Å². The highest BCUT2D eigenvalue weighted by Crippen LogP contribution is 2.27. The minimum Gasteiger partial charge on any atom is -0.388 e. The van der Waals surface area contributed by atoms with Crippen LogP contribution in [0.3, 0.4) is 0 Å². The van der Waals surface area contributed by atoms with E-state index in [-0.39, 0.29) is 11.2 Å². The number of rotatable bonds is 5. The van der Waals surface area contributed by atoms with Crippen molar-refractivity contribution in [1.82, 2.24) is 0 Å². The van der Waals surface area contributed by atoms with Crippen molar-refractivity contribution >= 4 is 5.78 Å². The van der Waals surface area contributed by atoms with E-state index in [4.69, 9.17) is 0 Å². The number of hydrogen-bond acceptors (Lipinski definition) is 2. The Labute approximate surface area is 80.7 Å². The van der Waals surface area contributed by atoms with Gasteiger partial charge in [-0.1, -0.05) is 33.3 Å². The summed E-state index contributed by atoms with van der Waals surface area (Å²) >= 11 is 0. The normalized spacial score (nSPS) is 14.8. The number of ketones is 1. The molecule has 0 saturated carbocycles. The lowest BCUT2D eigenvalue weighted by atomic mass is 9.82. The third-order valence-electron chi connectivity index (χ3n) is 2.21. The molecule has 13 heavy (non-hydrogen) atoms. The van der Waals surface area contributed by atoms with Gasteiger partial charge in [-0.15, -0.1) is 0 Å². The van der Waals surface area contributed by atoms with Crippen molar-refractivity contribution in [3.8, 4) is 0 Å². The molecule has 0 aromatic rings. The summed E-state index contributed by atoms with van der Waals surface area (Å²) in [5.41, 5.74) is -0.138. The summed E-state index contributed by atoms with van der Waals surface area (Å²) in [6, 6.07) is 0. The molecule has 0 rings (SSSR count). The van der Waals surface area contributed by atoms with E-state index in [1.807, 2.05) is 13.8 Å². The SMILES string of the molecule is CCCC(C)(C)C(O)C=CC(C)=O. The van der Waals surface area contributed by atoms with Crippen molar-refractivity contribution in [2.24, 2.45) is 5.41 Å². The van der Waals surface area contributed by atoms with Crippen molar-refractivity contribution in [2.75, 3.05) is 0 Å². The van der Waals surface area contributed by atoms with Crippen LogP contribution in [0.5, 0.6) is 0 Å². The lowest BCUT2D eigenvalue weighted by molar-refractivity contribution is -0.112. The molecule has 0 aromatic heterocycles. The number of allylic oxidation sites excluding steroid dienone is 1. The van der Waals surface area contributed by atoms with E-state index in [1.54, 1.807) is 6.08 Å². The van der Waals surface area contributed by atoms with Gasteiger partial charge < -0.3 is 5.11 Å². The van der Waals surface area contributed by atoms with Gasteiger partial charge in [-0.25, -0.2) is 0 Å². The fourth-order valence-corrected chi connectivity index (χ4v) is 1.28. The quantitative estimate of drug-likeness (QED) is 0.666. The average Bonchev–Trinajstić information content (AvgIpc) is 1.99. The maximum Gasteiger partial charge on any atom is 0.152 e. The Morgan fingerprint density at radius 3 is 2.46 bits per heavy atom. The Morgan fingerprint density at radius 2 is 2.08 bits per heavy atom. The Bertz CT molecular complexity index is 192. The van der Waals surface area contributed by atoms with Crippen LogP contribution in [-0.4, -0.2) is 17.0 Å². The zero-order valence-electron chi connectivity index (χ0n) is 9.00. The third kappa shape index (κ3) is 4.83. The maximum atomic E-state index is 10.6. The first-order valence-electron chi connectivity index (χ1n) is 4.77. The highest BCUT2D eigenvalue weighted by atomic mass is 16.3. The Kier molecular flexibility index (Phi) is 4.92. The van der Waals surface area contributed by atoms with Gasteiger partial charge in [0.05, 0.1) is 6.10 Å². The van der Waals surface area contributed by atoms with Gasteiger partial charge in [0.25, 0.3) is 0 Å². The van der Waals surface area contributed by atoms with Crippen molar-refractivity contribution in [3.63, 3.8) is 0 Å². The van der Waals surface area contributed by atoms with Gasteiger partial charge in [-0.3, -0.25) is 4.79 Å². The molecule has 0 bridgehead atoms. The van der Waals surface area contributed by atoms with Gasteiger partial charge in [0.1, 0.15) is 0 Å². The largest absolute Gasteiger partial charge is 0.388 e. The zero-order chi connectivity index (χ0) is 10.5. The average molecular weight is 184 g/mol. The van der Waals surface area contributed by atoms with Gasteiger partial charge in [-0.05, 0) is 24.8 Å². The molecule has 0 aromatic carbocycles. The summed E-state index contributed by atoms with van der Waals surface area (Å²) in [6.45, 7) is 7.58. The van der Waals surface area contributed by atoms with E-state index in [0.717, 1.165) is 12.8 Å². The Hall–Kier alpha value is -0.630. The second-order valence-electron chi connectivity index (χ2n) is 4.15. The van der Waals surface area contributed by atoms with Crippen LogP contribution in [0.4, 0.5) is 0 Å². The van der Waals surface area contributed by atoms with Gasteiger partial charge in [0.15, 0.2) is 5.78 Å². The molecule has 0 radical (unpaired) electrons. The summed E-state index contributed by atoms with van der Waals surface area (Å²) in [5.74, 6) is -0.0219. The van der Waals surface area contributed by atoms with Gasteiger partial charge in [0.2, 0.25) is 0 Å². The van der Waals surface area contributed by atoms with E-state index in [9.17, 15) is 9.90 Å². The fraction of sp³-hybridized carbons (Fsp3) is 0.727. The summed E-state index contributed by atoms with van der Waals surface area (Å²) in [4.78, 5) is 10.6. The van der Waals surface area contributed by atoms with Crippen LogP contribution in [0.25, 0.3) is 0 Å². The molecule has 0 fully saturated rings. The highest BCUT2D eigenvalue weighted by molar-refractivity contribution is 5.87. The predicted octanol–water partition coefficient (Wildman–Crippen LogP) is 2.32. The van der Waals surface area contributed by atoms with Crippen LogP contribution in [0, 0.1) is 5.41 Å².